The molecule has 1 fully saturated rings. The maximum Gasteiger partial charge on any atom is 0.308 e. The summed E-state index contributed by atoms with van der Waals surface area (Å²) in [4.78, 5) is 49.7. The zero-order valence-corrected chi connectivity index (χ0v) is 15.1. The van der Waals surface area contributed by atoms with Crippen molar-refractivity contribution in [1.29, 1.82) is 0 Å². The molecule has 7 nitrogen and oxygen atoms in total. The summed E-state index contributed by atoms with van der Waals surface area (Å²) in [5.41, 5.74) is 0.407. The second-order valence-electron chi connectivity index (χ2n) is 6.55. The molecule has 27 heavy (non-hydrogen) atoms. The van der Waals surface area contributed by atoms with Crippen LogP contribution in [0.25, 0.3) is 0 Å². The van der Waals surface area contributed by atoms with Crippen molar-refractivity contribution in [3.8, 4) is 5.75 Å². The average molecular weight is 371 g/mol. The molecule has 2 amide bonds. The minimum Gasteiger partial charge on any atom is -0.497 e. The second-order valence-corrected chi connectivity index (χ2v) is 6.55. The minimum atomic E-state index is -0.620. The van der Waals surface area contributed by atoms with Crippen LogP contribution < -0.4 is 4.74 Å². The lowest BCUT2D eigenvalue weighted by atomic mass is 9.85. The molecule has 142 valence electrons. The van der Waals surface area contributed by atoms with Crippen molar-refractivity contribution in [3.63, 3.8) is 0 Å². The first kappa shape index (κ1) is 18.8. The molecule has 0 bridgehead atoms. The van der Waals surface area contributed by atoms with Crippen LogP contribution in [-0.2, 0) is 19.1 Å². The maximum absolute atomic E-state index is 12.3. The van der Waals surface area contributed by atoms with Crippen LogP contribution in [-0.4, -0.2) is 48.7 Å². The number of hydrogen-bond donors (Lipinski definition) is 0. The van der Waals surface area contributed by atoms with E-state index in [4.69, 9.17) is 9.47 Å². The SMILES string of the molecule is COc1ccc(C(=O)COC(=O)CCN2C(=O)[C@H]3CC=CC[C@@H]3C2=O)cc1. The van der Waals surface area contributed by atoms with E-state index >= 15 is 0 Å². The van der Waals surface area contributed by atoms with Gasteiger partial charge in [-0.25, -0.2) is 0 Å². The van der Waals surface area contributed by atoms with E-state index in [-0.39, 0.29) is 49.0 Å². The lowest BCUT2D eigenvalue weighted by molar-refractivity contribution is -0.145. The summed E-state index contributed by atoms with van der Waals surface area (Å²) in [6, 6.07) is 6.47. The highest BCUT2D eigenvalue weighted by atomic mass is 16.5. The van der Waals surface area contributed by atoms with Crippen molar-refractivity contribution in [2.75, 3.05) is 20.3 Å². The Bertz CT molecular complexity index is 756. The summed E-state index contributed by atoms with van der Waals surface area (Å²) in [6.07, 6.45) is 4.82. The number of fused-ring (bicyclic) bond motifs is 1. The molecule has 3 rings (SSSR count). The quantitative estimate of drug-likeness (QED) is 0.314. The third-order valence-corrected chi connectivity index (χ3v) is 4.91. The van der Waals surface area contributed by atoms with E-state index < -0.39 is 5.97 Å². The van der Waals surface area contributed by atoms with Crippen molar-refractivity contribution in [2.45, 2.75) is 19.3 Å². The normalized spacial score (nSPS) is 21.1. The highest BCUT2D eigenvalue weighted by molar-refractivity contribution is 6.05. The Kier molecular flexibility index (Phi) is 5.69. The molecular formula is C20H21NO6. The van der Waals surface area contributed by atoms with E-state index in [1.807, 2.05) is 12.2 Å². The summed E-state index contributed by atoms with van der Waals surface area (Å²) >= 11 is 0. The van der Waals surface area contributed by atoms with Crippen LogP contribution in [0.15, 0.2) is 36.4 Å². The number of imide groups is 1. The highest BCUT2D eigenvalue weighted by Gasteiger charge is 2.46. The number of likely N-dealkylation sites (tertiary alicyclic amines) is 1. The van der Waals surface area contributed by atoms with Gasteiger partial charge in [0.15, 0.2) is 12.4 Å². The minimum absolute atomic E-state index is 0.0137. The van der Waals surface area contributed by atoms with Gasteiger partial charge in [-0.15, -0.1) is 0 Å². The topological polar surface area (TPSA) is 90.0 Å². The number of amides is 2. The summed E-state index contributed by atoms with van der Waals surface area (Å²) in [6.45, 7) is -0.400. The van der Waals surface area contributed by atoms with Gasteiger partial charge in [0.25, 0.3) is 0 Å². The molecule has 7 heteroatoms. The molecular weight excluding hydrogens is 350 g/mol. The number of allylic oxidation sites excluding steroid dienone is 2. The van der Waals surface area contributed by atoms with Gasteiger partial charge in [-0.05, 0) is 37.1 Å². The first-order valence-corrected chi connectivity index (χ1v) is 8.84. The number of ether oxygens (including phenoxy) is 2. The third-order valence-electron chi connectivity index (χ3n) is 4.91. The third kappa shape index (κ3) is 4.07. The second kappa shape index (κ2) is 8.16. The molecule has 0 unspecified atom stereocenters. The monoisotopic (exact) mass is 371 g/mol. The number of nitrogens with zero attached hydrogens (tertiary/aromatic N) is 1. The zero-order valence-electron chi connectivity index (χ0n) is 15.1. The van der Waals surface area contributed by atoms with Crippen LogP contribution in [0.3, 0.4) is 0 Å². The van der Waals surface area contributed by atoms with Crippen molar-refractivity contribution in [3.05, 3.63) is 42.0 Å². The van der Waals surface area contributed by atoms with Gasteiger partial charge in [-0.2, -0.15) is 0 Å². The Morgan fingerprint density at radius 1 is 1.04 bits per heavy atom. The molecule has 1 aliphatic carbocycles. The lowest BCUT2D eigenvalue weighted by Gasteiger charge is -2.14. The molecule has 0 spiro atoms. The van der Waals surface area contributed by atoms with Gasteiger partial charge in [0, 0.05) is 12.1 Å². The molecule has 1 heterocycles. The number of ketones is 1. The van der Waals surface area contributed by atoms with Crippen molar-refractivity contribution >= 4 is 23.6 Å². The number of methoxy groups -OCH3 is 1. The fourth-order valence-corrected chi connectivity index (χ4v) is 3.37. The number of Topliss-reactive ketones (excluding diaryl/α,β-unsaturated/α-hetero) is 1. The lowest BCUT2D eigenvalue weighted by Crippen LogP contribution is -2.33. The summed E-state index contributed by atoms with van der Waals surface area (Å²) in [5.74, 6) is -1.40. The van der Waals surface area contributed by atoms with Crippen LogP contribution in [0, 0.1) is 11.8 Å². The molecule has 1 saturated heterocycles. The number of carbonyl (C=O) groups is 4. The standard InChI is InChI=1S/C20H21NO6/c1-26-14-8-6-13(7-9-14)17(22)12-27-18(23)10-11-21-19(24)15-4-2-3-5-16(15)20(21)25/h2-3,6-9,15-16H,4-5,10-12H2,1H3/t15-,16-/m0/s1. The Labute approximate surface area is 156 Å². The smallest absolute Gasteiger partial charge is 0.308 e. The van der Waals surface area contributed by atoms with Gasteiger partial charge in [0.05, 0.1) is 25.4 Å². The predicted octanol–water partition coefficient (Wildman–Crippen LogP) is 1.76. The van der Waals surface area contributed by atoms with E-state index in [2.05, 4.69) is 0 Å². The van der Waals surface area contributed by atoms with Crippen LogP contribution in [0.1, 0.15) is 29.6 Å². The van der Waals surface area contributed by atoms with E-state index in [0.29, 0.717) is 24.2 Å². The molecule has 0 saturated carbocycles. The van der Waals surface area contributed by atoms with Crippen LogP contribution in [0.5, 0.6) is 5.75 Å². The molecule has 1 aromatic rings. The van der Waals surface area contributed by atoms with E-state index in [1.165, 1.54) is 7.11 Å². The van der Waals surface area contributed by atoms with Gasteiger partial charge in [-0.3, -0.25) is 24.1 Å². The molecule has 2 atom stereocenters. The summed E-state index contributed by atoms with van der Waals surface area (Å²) in [5, 5.41) is 0. The number of carbonyl (C=O) groups excluding carboxylic acids is 4. The van der Waals surface area contributed by atoms with Gasteiger partial charge in [0.2, 0.25) is 11.8 Å². The largest absolute Gasteiger partial charge is 0.497 e. The van der Waals surface area contributed by atoms with Crippen molar-refractivity contribution in [2.24, 2.45) is 11.8 Å². The number of rotatable bonds is 7. The Balaban J connectivity index is 1.46. The van der Waals surface area contributed by atoms with Crippen molar-refractivity contribution in [1.82, 2.24) is 4.90 Å². The van der Waals surface area contributed by atoms with Crippen molar-refractivity contribution < 1.29 is 28.7 Å². The summed E-state index contributed by atoms with van der Waals surface area (Å²) in [7, 11) is 1.53. The fourth-order valence-electron chi connectivity index (χ4n) is 3.37. The van der Waals surface area contributed by atoms with E-state index in [9.17, 15) is 19.2 Å². The fraction of sp³-hybridized carbons (Fsp3) is 0.400. The molecule has 1 aromatic carbocycles. The molecule has 0 radical (unpaired) electrons. The van der Waals surface area contributed by atoms with Crippen LogP contribution in [0.4, 0.5) is 0 Å². The van der Waals surface area contributed by atoms with Gasteiger partial charge < -0.3 is 9.47 Å². The van der Waals surface area contributed by atoms with Crippen LogP contribution in [0.2, 0.25) is 0 Å². The Morgan fingerprint density at radius 2 is 1.63 bits per heavy atom. The van der Waals surface area contributed by atoms with Gasteiger partial charge in [0.1, 0.15) is 5.75 Å². The van der Waals surface area contributed by atoms with Gasteiger partial charge in [-0.1, -0.05) is 12.2 Å². The molecule has 0 N–H and O–H groups in total. The van der Waals surface area contributed by atoms with Gasteiger partial charge >= 0.3 is 5.97 Å². The molecule has 0 aromatic heterocycles. The predicted molar refractivity (Wildman–Crippen MR) is 95.0 cm³/mol. The molecule has 1 aliphatic heterocycles. The number of hydrogen-bond acceptors (Lipinski definition) is 6. The highest BCUT2D eigenvalue weighted by Crippen LogP contribution is 2.34. The molecule has 2 aliphatic rings. The van der Waals surface area contributed by atoms with Crippen LogP contribution >= 0.6 is 0 Å². The zero-order chi connectivity index (χ0) is 19.4. The maximum atomic E-state index is 12.3. The van der Waals surface area contributed by atoms with E-state index in [0.717, 1.165) is 4.90 Å². The van der Waals surface area contributed by atoms with E-state index in [1.54, 1.807) is 24.3 Å². The number of benzene rings is 1. The number of esters is 1. The Hall–Kier alpha value is -2.96. The Morgan fingerprint density at radius 3 is 2.19 bits per heavy atom. The first-order valence-electron chi connectivity index (χ1n) is 8.84. The first-order chi connectivity index (χ1) is 13.0. The average Bonchev–Trinajstić information content (AvgIpc) is 2.95. The summed E-state index contributed by atoms with van der Waals surface area (Å²) < 4.78 is 10.0.